The maximum Gasteiger partial charge on any atom is 0.321 e. The van der Waals surface area contributed by atoms with Crippen LogP contribution in [0.4, 0.5) is 4.79 Å². The Kier molecular flexibility index (Phi) is 7.05. The van der Waals surface area contributed by atoms with Gasteiger partial charge >= 0.3 is 6.03 Å². The van der Waals surface area contributed by atoms with E-state index in [4.69, 9.17) is 4.74 Å². The molecule has 0 unspecified atom stereocenters. The first kappa shape index (κ1) is 18.7. The number of halogens is 1. The number of urea groups is 1. The molecule has 2 rings (SSSR count). The number of nitrogens with one attached hydrogen (secondary N) is 2. The summed E-state index contributed by atoms with van der Waals surface area (Å²) in [6.07, 6.45) is 4.25. The van der Waals surface area contributed by atoms with Crippen LogP contribution in [0.1, 0.15) is 31.2 Å². The normalized spacial score (nSPS) is 14.7. The molecular weight excluding hydrogens is 374 g/mol. The van der Waals surface area contributed by atoms with Gasteiger partial charge in [0.1, 0.15) is 5.75 Å². The van der Waals surface area contributed by atoms with Crippen LogP contribution in [0.5, 0.6) is 5.75 Å². The minimum Gasteiger partial charge on any atom is -0.496 e. The van der Waals surface area contributed by atoms with Gasteiger partial charge in [0.05, 0.1) is 13.7 Å². The van der Waals surface area contributed by atoms with Gasteiger partial charge in [0.15, 0.2) is 0 Å². The molecule has 2 N–H and O–H groups in total. The molecule has 0 spiro atoms. The second kappa shape index (κ2) is 9.03. The fourth-order valence-electron chi connectivity index (χ4n) is 2.92. The Bertz CT molecular complexity index is 588. The fourth-order valence-corrected chi connectivity index (χ4v) is 3.33. The van der Waals surface area contributed by atoms with Crippen LogP contribution in [0.25, 0.3) is 0 Å². The predicted octanol–water partition coefficient (Wildman–Crippen LogP) is 2.66. The monoisotopic (exact) mass is 397 g/mol. The summed E-state index contributed by atoms with van der Waals surface area (Å²) in [5.74, 6) is 0.450. The van der Waals surface area contributed by atoms with Crippen LogP contribution in [0.3, 0.4) is 0 Å². The van der Waals surface area contributed by atoms with Gasteiger partial charge < -0.3 is 10.1 Å². The van der Waals surface area contributed by atoms with E-state index in [0.29, 0.717) is 6.54 Å². The summed E-state index contributed by atoms with van der Waals surface area (Å²) in [5, 5.41) is 5.24. The van der Waals surface area contributed by atoms with Crippen molar-refractivity contribution in [1.29, 1.82) is 0 Å². The van der Waals surface area contributed by atoms with Gasteiger partial charge in [-0.2, -0.15) is 0 Å². The lowest BCUT2D eigenvalue weighted by atomic mass is 10.2. The highest BCUT2D eigenvalue weighted by atomic mass is 79.9. The number of carbonyl (C=O) groups excluding carboxylic acids is 2. The van der Waals surface area contributed by atoms with Crippen molar-refractivity contribution in [3.05, 3.63) is 28.2 Å². The summed E-state index contributed by atoms with van der Waals surface area (Å²) < 4.78 is 6.28. The Balaban J connectivity index is 1.80. The van der Waals surface area contributed by atoms with Gasteiger partial charge in [-0.15, -0.1) is 0 Å². The SMILES string of the molecule is COc1ccc(Br)cc1CN(C)CC(=O)NC(=O)NC1CCCC1. The van der Waals surface area contributed by atoms with Crippen LogP contribution in [0, 0.1) is 0 Å². The molecule has 7 heteroatoms. The van der Waals surface area contributed by atoms with E-state index < -0.39 is 6.03 Å². The second-order valence-electron chi connectivity index (χ2n) is 6.13. The third-order valence-corrected chi connectivity index (χ3v) is 4.53. The Morgan fingerprint density at radius 3 is 2.71 bits per heavy atom. The number of benzene rings is 1. The highest BCUT2D eigenvalue weighted by Crippen LogP contribution is 2.24. The maximum absolute atomic E-state index is 12.0. The highest BCUT2D eigenvalue weighted by molar-refractivity contribution is 9.10. The van der Waals surface area contributed by atoms with E-state index in [1.165, 1.54) is 0 Å². The molecule has 6 nitrogen and oxygen atoms in total. The number of ether oxygens (including phenoxy) is 1. The number of likely N-dealkylation sites (N-methyl/N-ethyl adjacent to an activating group) is 1. The molecule has 1 aromatic carbocycles. The predicted molar refractivity (Wildman–Crippen MR) is 96.0 cm³/mol. The minimum atomic E-state index is -0.402. The van der Waals surface area contributed by atoms with Crippen LogP contribution >= 0.6 is 15.9 Å². The number of amides is 3. The van der Waals surface area contributed by atoms with E-state index in [1.54, 1.807) is 7.11 Å². The molecule has 0 bridgehead atoms. The van der Waals surface area contributed by atoms with Gasteiger partial charge in [-0.1, -0.05) is 28.8 Å². The van der Waals surface area contributed by atoms with Crippen molar-refractivity contribution in [2.45, 2.75) is 38.3 Å². The molecule has 0 aliphatic heterocycles. The van der Waals surface area contributed by atoms with E-state index in [0.717, 1.165) is 41.5 Å². The van der Waals surface area contributed by atoms with Crippen molar-refractivity contribution < 1.29 is 14.3 Å². The van der Waals surface area contributed by atoms with Crippen molar-refractivity contribution in [2.75, 3.05) is 20.7 Å². The smallest absolute Gasteiger partial charge is 0.321 e. The lowest BCUT2D eigenvalue weighted by Gasteiger charge is -2.18. The standard InChI is InChI=1S/C17H24BrN3O3/c1-21(10-12-9-13(18)7-8-15(12)24-2)11-16(22)20-17(23)19-14-5-3-4-6-14/h7-9,14H,3-6,10-11H2,1-2H3,(H2,19,20,22,23). The van der Waals surface area contributed by atoms with Crippen molar-refractivity contribution in [3.8, 4) is 5.75 Å². The number of hydrogen-bond donors (Lipinski definition) is 2. The van der Waals surface area contributed by atoms with Crippen molar-refractivity contribution in [3.63, 3.8) is 0 Å². The summed E-state index contributed by atoms with van der Waals surface area (Å²) in [6, 6.07) is 5.53. The van der Waals surface area contributed by atoms with Crippen LogP contribution in [-0.2, 0) is 11.3 Å². The number of hydrogen-bond acceptors (Lipinski definition) is 4. The molecule has 0 heterocycles. The summed E-state index contributed by atoms with van der Waals surface area (Å²) in [4.78, 5) is 25.6. The zero-order valence-corrected chi connectivity index (χ0v) is 15.7. The molecule has 24 heavy (non-hydrogen) atoms. The van der Waals surface area contributed by atoms with Gasteiger partial charge in [0, 0.05) is 22.6 Å². The summed E-state index contributed by atoms with van der Waals surface area (Å²) in [5.41, 5.74) is 0.970. The summed E-state index contributed by atoms with van der Waals surface area (Å²) in [6.45, 7) is 0.675. The Morgan fingerprint density at radius 2 is 2.04 bits per heavy atom. The Morgan fingerprint density at radius 1 is 1.33 bits per heavy atom. The van der Waals surface area contributed by atoms with Crippen molar-refractivity contribution in [2.24, 2.45) is 0 Å². The molecule has 0 aromatic heterocycles. The molecule has 0 saturated heterocycles. The second-order valence-corrected chi connectivity index (χ2v) is 7.05. The summed E-state index contributed by atoms with van der Waals surface area (Å²) in [7, 11) is 3.45. The highest BCUT2D eigenvalue weighted by Gasteiger charge is 2.18. The average molecular weight is 398 g/mol. The van der Waals surface area contributed by atoms with E-state index in [2.05, 4.69) is 26.6 Å². The van der Waals surface area contributed by atoms with Crippen molar-refractivity contribution >= 4 is 27.9 Å². The first-order valence-electron chi connectivity index (χ1n) is 8.09. The lowest BCUT2D eigenvalue weighted by Crippen LogP contribution is -2.46. The molecule has 1 aliphatic rings. The minimum absolute atomic E-state index is 0.133. The summed E-state index contributed by atoms with van der Waals surface area (Å²) >= 11 is 3.43. The van der Waals surface area contributed by atoms with E-state index in [-0.39, 0.29) is 18.5 Å². The van der Waals surface area contributed by atoms with Gasteiger partial charge in [0.2, 0.25) is 5.91 Å². The molecule has 1 aliphatic carbocycles. The van der Waals surface area contributed by atoms with E-state index in [1.807, 2.05) is 30.1 Å². The zero-order valence-electron chi connectivity index (χ0n) is 14.1. The number of nitrogens with zero attached hydrogens (tertiary/aromatic N) is 1. The molecule has 1 saturated carbocycles. The molecular formula is C17H24BrN3O3. The number of carbonyl (C=O) groups is 2. The van der Waals surface area contributed by atoms with Gasteiger partial charge in [0.25, 0.3) is 0 Å². The topological polar surface area (TPSA) is 70.7 Å². The Labute approximate surface area is 151 Å². The quantitative estimate of drug-likeness (QED) is 0.773. The van der Waals surface area contributed by atoms with Gasteiger partial charge in [-0.05, 0) is 38.1 Å². The zero-order chi connectivity index (χ0) is 17.5. The third-order valence-electron chi connectivity index (χ3n) is 4.04. The average Bonchev–Trinajstić information content (AvgIpc) is 2.99. The molecule has 0 radical (unpaired) electrons. The Hall–Kier alpha value is -1.60. The van der Waals surface area contributed by atoms with Gasteiger partial charge in [-0.3, -0.25) is 15.0 Å². The largest absolute Gasteiger partial charge is 0.496 e. The van der Waals surface area contributed by atoms with E-state index in [9.17, 15) is 9.59 Å². The first-order chi connectivity index (χ1) is 11.5. The van der Waals surface area contributed by atoms with Crippen LogP contribution < -0.4 is 15.4 Å². The number of methoxy groups -OCH3 is 1. The molecule has 1 aromatic rings. The molecule has 132 valence electrons. The molecule has 1 fully saturated rings. The first-order valence-corrected chi connectivity index (χ1v) is 8.88. The van der Waals surface area contributed by atoms with Crippen LogP contribution in [0.15, 0.2) is 22.7 Å². The van der Waals surface area contributed by atoms with E-state index >= 15 is 0 Å². The fraction of sp³-hybridized carbons (Fsp3) is 0.529. The molecule has 0 atom stereocenters. The van der Waals surface area contributed by atoms with Crippen LogP contribution in [-0.4, -0.2) is 43.6 Å². The van der Waals surface area contributed by atoms with Crippen LogP contribution in [0.2, 0.25) is 0 Å². The maximum atomic E-state index is 12.0. The van der Waals surface area contributed by atoms with Crippen molar-refractivity contribution in [1.82, 2.24) is 15.5 Å². The number of imide groups is 1. The van der Waals surface area contributed by atoms with Gasteiger partial charge in [-0.25, -0.2) is 4.79 Å². The lowest BCUT2D eigenvalue weighted by molar-refractivity contribution is -0.121. The molecule has 3 amide bonds. The third kappa shape index (κ3) is 5.79. The number of rotatable bonds is 6.